The number of aliphatic imine (C=N–C) groups is 1. The maximum atomic E-state index is 4.82. The molecule has 2 N–H and O–H groups in total. The number of hydrogen-bond donors (Lipinski definition) is 2. The second kappa shape index (κ2) is 14.1. The van der Waals surface area contributed by atoms with Crippen LogP contribution in [0.1, 0.15) is 53.9 Å². The van der Waals surface area contributed by atoms with Crippen LogP contribution in [0.5, 0.6) is 0 Å². The van der Waals surface area contributed by atoms with Crippen LogP contribution in [0.2, 0.25) is 0 Å². The molecule has 0 bridgehead atoms. The molecular weight excluding hydrogens is 413 g/mol. The first kappa shape index (κ1) is 23.9. The zero-order valence-corrected chi connectivity index (χ0v) is 18.8. The average molecular weight is 453 g/mol. The van der Waals surface area contributed by atoms with Crippen LogP contribution in [-0.2, 0) is 0 Å². The van der Waals surface area contributed by atoms with Gasteiger partial charge in [-0.05, 0) is 52.7 Å². The summed E-state index contributed by atoms with van der Waals surface area (Å²) in [5, 5.41) is 7.05. The van der Waals surface area contributed by atoms with Gasteiger partial charge in [0.2, 0.25) is 0 Å². The summed E-state index contributed by atoms with van der Waals surface area (Å²) in [6.45, 7) is 18.7. The van der Waals surface area contributed by atoms with Crippen LogP contribution in [0, 0.1) is 0 Å². The minimum atomic E-state index is 0. The second-order valence-corrected chi connectivity index (χ2v) is 6.55. The van der Waals surface area contributed by atoms with Gasteiger partial charge in [0.15, 0.2) is 5.96 Å². The Morgan fingerprint density at radius 2 is 1.79 bits per heavy atom. The summed E-state index contributed by atoms with van der Waals surface area (Å²) in [4.78, 5) is 9.85. The van der Waals surface area contributed by atoms with Gasteiger partial charge in [-0.25, -0.2) is 0 Å². The van der Waals surface area contributed by atoms with Crippen LogP contribution in [-0.4, -0.2) is 73.7 Å². The van der Waals surface area contributed by atoms with Crippen molar-refractivity contribution in [2.24, 2.45) is 4.99 Å². The molecular formula is C18H40IN5. The largest absolute Gasteiger partial charge is 0.357 e. The molecule has 144 valence electrons. The molecule has 1 atom stereocenters. The Hall–Kier alpha value is -0.0800. The highest BCUT2D eigenvalue weighted by atomic mass is 127. The van der Waals surface area contributed by atoms with Gasteiger partial charge < -0.3 is 15.5 Å². The van der Waals surface area contributed by atoms with Gasteiger partial charge in [-0.15, -0.1) is 24.0 Å². The standard InChI is InChI=1S/C18H39N5.HI/c1-6-12-22-13-10-17(11-14-22)21-18(19-7-2)20-15-16(5)23(8-3)9-4;/h16-17H,6-15H2,1-5H3,(H2,19,20,21);1H. The van der Waals surface area contributed by atoms with Crippen LogP contribution < -0.4 is 10.6 Å². The molecule has 0 aromatic rings. The van der Waals surface area contributed by atoms with E-state index in [9.17, 15) is 0 Å². The number of piperidine rings is 1. The highest BCUT2D eigenvalue weighted by Crippen LogP contribution is 2.10. The first-order valence-electron chi connectivity index (χ1n) is 9.65. The van der Waals surface area contributed by atoms with E-state index >= 15 is 0 Å². The number of rotatable bonds is 9. The Morgan fingerprint density at radius 3 is 2.29 bits per heavy atom. The lowest BCUT2D eigenvalue weighted by atomic mass is 10.1. The second-order valence-electron chi connectivity index (χ2n) is 6.55. The topological polar surface area (TPSA) is 42.9 Å². The van der Waals surface area contributed by atoms with Gasteiger partial charge in [0.25, 0.3) is 0 Å². The molecule has 5 nitrogen and oxygen atoms in total. The molecule has 1 fully saturated rings. The molecule has 1 saturated heterocycles. The van der Waals surface area contributed by atoms with Gasteiger partial charge in [0.1, 0.15) is 0 Å². The maximum absolute atomic E-state index is 4.82. The fraction of sp³-hybridized carbons (Fsp3) is 0.944. The molecule has 1 rings (SSSR count). The van der Waals surface area contributed by atoms with E-state index in [-0.39, 0.29) is 24.0 Å². The highest BCUT2D eigenvalue weighted by molar-refractivity contribution is 14.0. The normalized spacial score (nSPS) is 18.3. The van der Waals surface area contributed by atoms with E-state index < -0.39 is 0 Å². The molecule has 0 spiro atoms. The van der Waals surface area contributed by atoms with Crippen LogP contribution >= 0.6 is 24.0 Å². The van der Waals surface area contributed by atoms with Crippen molar-refractivity contribution in [1.29, 1.82) is 0 Å². The van der Waals surface area contributed by atoms with E-state index in [2.05, 4.69) is 55.1 Å². The summed E-state index contributed by atoms with van der Waals surface area (Å²) in [7, 11) is 0. The van der Waals surface area contributed by atoms with Gasteiger partial charge in [0.05, 0.1) is 6.54 Å². The van der Waals surface area contributed by atoms with E-state index in [0.717, 1.165) is 32.1 Å². The fourth-order valence-corrected chi connectivity index (χ4v) is 3.32. The minimum absolute atomic E-state index is 0. The van der Waals surface area contributed by atoms with Gasteiger partial charge in [-0.2, -0.15) is 0 Å². The third-order valence-electron chi connectivity index (χ3n) is 4.76. The summed E-state index contributed by atoms with van der Waals surface area (Å²) >= 11 is 0. The number of nitrogens with zero attached hydrogens (tertiary/aromatic N) is 3. The van der Waals surface area contributed by atoms with Crippen molar-refractivity contribution in [2.45, 2.75) is 66.0 Å². The lowest BCUT2D eigenvalue weighted by molar-refractivity contribution is 0.206. The van der Waals surface area contributed by atoms with Crippen LogP contribution in [0.4, 0.5) is 0 Å². The third kappa shape index (κ3) is 8.85. The van der Waals surface area contributed by atoms with Crippen molar-refractivity contribution in [3.05, 3.63) is 0 Å². The molecule has 1 heterocycles. The Morgan fingerprint density at radius 1 is 1.17 bits per heavy atom. The average Bonchev–Trinajstić information content (AvgIpc) is 2.56. The summed E-state index contributed by atoms with van der Waals surface area (Å²) < 4.78 is 0. The Bertz CT molecular complexity index is 325. The number of nitrogens with one attached hydrogen (secondary N) is 2. The lowest BCUT2D eigenvalue weighted by Gasteiger charge is -2.33. The monoisotopic (exact) mass is 453 g/mol. The molecule has 0 aromatic heterocycles. The van der Waals surface area contributed by atoms with E-state index in [1.54, 1.807) is 0 Å². The maximum Gasteiger partial charge on any atom is 0.191 e. The van der Waals surface area contributed by atoms with Crippen LogP contribution in [0.3, 0.4) is 0 Å². The molecule has 6 heteroatoms. The minimum Gasteiger partial charge on any atom is -0.357 e. The number of hydrogen-bond acceptors (Lipinski definition) is 3. The van der Waals surface area contributed by atoms with Crippen molar-refractivity contribution in [3.63, 3.8) is 0 Å². The number of halogens is 1. The predicted octanol–water partition coefficient (Wildman–Crippen LogP) is 2.76. The number of likely N-dealkylation sites (tertiary alicyclic amines) is 1. The van der Waals surface area contributed by atoms with Gasteiger partial charge in [-0.3, -0.25) is 9.89 Å². The SMILES string of the molecule is CCCN1CCC(NC(=NCC(C)N(CC)CC)NCC)CC1.I. The van der Waals surface area contributed by atoms with E-state index in [1.165, 1.54) is 38.9 Å². The third-order valence-corrected chi connectivity index (χ3v) is 4.76. The summed E-state index contributed by atoms with van der Waals surface area (Å²) in [5.74, 6) is 0.987. The number of guanidine groups is 1. The molecule has 0 amide bonds. The summed E-state index contributed by atoms with van der Waals surface area (Å²) in [6, 6.07) is 1.05. The molecule has 0 radical (unpaired) electrons. The first-order valence-corrected chi connectivity index (χ1v) is 9.65. The molecule has 24 heavy (non-hydrogen) atoms. The zero-order valence-electron chi connectivity index (χ0n) is 16.5. The van der Waals surface area contributed by atoms with Crippen molar-refractivity contribution in [2.75, 3.05) is 45.8 Å². The van der Waals surface area contributed by atoms with Crippen molar-refractivity contribution >= 4 is 29.9 Å². The summed E-state index contributed by atoms with van der Waals surface area (Å²) in [5.41, 5.74) is 0. The van der Waals surface area contributed by atoms with Gasteiger partial charge >= 0.3 is 0 Å². The lowest BCUT2D eigenvalue weighted by Crippen LogP contribution is -2.49. The molecule has 1 aliphatic rings. The van der Waals surface area contributed by atoms with Crippen molar-refractivity contribution in [3.8, 4) is 0 Å². The highest BCUT2D eigenvalue weighted by Gasteiger charge is 2.19. The van der Waals surface area contributed by atoms with Crippen LogP contribution in [0.25, 0.3) is 0 Å². The Kier molecular flexibility index (Phi) is 14.1. The molecule has 0 aliphatic carbocycles. The van der Waals surface area contributed by atoms with Gasteiger partial charge in [0, 0.05) is 31.7 Å². The van der Waals surface area contributed by atoms with E-state index in [1.807, 2.05) is 0 Å². The number of likely N-dealkylation sites (N-methyl/N-ethyl adjacent to an activating group) is 1. The Balaban J connectivity index is 0.00000529. The van der Waals surface area contributed by atoms with Crippen molar-refractivity contribution in [1.82, 2.24) is 20.4 Å². The van der Waals surface area contributed by atoms with E-state index in [0.29, 0.717) is 12.1 Å². The summed E-state index contributed by atoms with van der Waals surface area (Å²) in [6.07, 6.45) is 3.69. The van der Waals surface area contributed by atoms with E-state index in [4.69, 9.17) is 4.99 Å². The van der Waals surface area contributed by atoms with Gasteiger partial charge in [-0.1, -0.05) is 20.8 Å². The molecule has 0 saturated carbocycles. The smallest absolute Gasteiger partial charge is 0.191 e. The Labute approximate surface area is 167 Å². The first-order chi connectivity index (χ1) is 11.1. The predicted molar refractivity (Wildman–Crippen MR) is 117 cm³/mol. The molecule has 1 aliphatic heterocycles. The van der Waals surface area contributed by atoms with Crippen molar-refractivity contribution < 1.29 is 0 Å². The quantitative estimate of drug-likeness (QED) is 0.320. The molecule has 1 unspecified atom stereocenters. The zero-order chi connectivity index (χ0) is 17.1. The fourth-order valence-electron chi connectivity index (χ4n) is 3.32. The molecule has 0 aromatic carbocycles. The van der Waals surface area contributed by atoms with Crippen LogP contribution in [0.15, 0.2) is 4.99 Å².